The Balaban J connectivity index is 2.00. The minimum atomic E-state index is 1.19. The molecule has 2 nitrogen and oxygen atoms in total. The van der Waals surface area contributed by atoms with E-state index in [9.17, 15) is 0 Å². The third-order valence-electron chi connectivity index (χ3n) is 2.42. The van der Waals surface area contributed by atoms with E-state index in [0.717, 1.165) is 0 Å². The topological polar surface area (TPSA) is 15.3 Å². The highest BCUT2D eigenvalue weighted by molar-refractivity contribution is 7.97. The summed E-state index contributed by atoms with van der Waals surface area (Å²) in [7, 11) is 1.96. The van der Waals surface area contributed by atoms with E-state index in [2.05, 4.69) is 33.9 Å². The monoisotopic (exact) mass is 208 g/mol. The van der Waals surface area contributed by atoms with Gasteiger partial charge in [-0.25, -0.2) is 4.31 Å². The van der Waals surface area contributed by atoms with Crippen molar-refractivity contribution in [3.05, 3.63) is 24.3 Å². The molecule has 1 N–H and O–H groups in total. The lowest BCUT2D eigenvalue weighted by molar-refractivity contribution is 0.586. The van der Waals surface area contributed by atoms with Crippen LogP contribution in [-0.2, 0) is 0 Å². The summed E-state index contributed by atoms with van der Waals surface area (Å²) in [6.45, 7) is 2.46. The van der Waals surface area contributed by atoms with Crippen molar-refractivity contribution in [2.75, 3.05) is 25.5 Å². The molecule has 1 saturated heterocycles. The van der Waals surface area contributed by atoms with Crippen LogP contribution in [0.3, 0.4) is 0 Å². The van der Waals surface area contributed by atoms with Crippen LogP contribution in [0.1, 0.15) is 12.8 Å². The van der Waals surface area contributed by atoms with Crippen LogP contribution in [0, 0.1) is 0 Å². The normalized spacial score (nSPS) is 17.2. The highest BCUT2D eigenvalue weighted by Crippen LogP contribution is 2.27. The molecule has 0 unspecified atom stereocenters. The van der Waals surface area contributed by atoms with Crippen LogP contribution in [0.15, 0.2) is 29.2 Å². The van der Waals surface area contributed by atoms with Gasteiger partial charge >= 0.3 is 0 Å². The molecule has 1 aromatic rings. The van der Waals surface area contributed by atoms with Gasteiger partial charge in [-0.1, -0.05) is 6.07 Å². The zero-order chi connectivity index (χ0) is 9.80. The summed E-state index contributed by atoms with van der Waals surface area (Å²) in [6, 6.07) is 8.56. The molecule has 1 heterocycles. The molecular formula is C11H16N2S. The molecule has 0 spiro atoms. The first kappa shape index (κ1) is 9.87. The minimum Gasteiger partial charge on any atom is -0.388 e. The van der Waals surface area contributed by atoms with Crippen molar-refractivity contribution in [1.29, 1.82) is 0 Å². The lowest BCUT2D eigenvalue weighted by Crippen LogP contribution is -2.08. The summed E-state index contributed by atoms with van der Waals surface area (Å²) in [6.07, 6.45) is 2.69. The van der Waals surface area contributed by atoms with Crippen molar-refractivity contribution in [3.8, 4) is 0 Å². The Kier molecular flexibility index (Phi) is 3.32. The van der Waals surface area contributed by atoms with Gasteiger partial charge < -0.3 is 5.32 Å². The summed E-state index contributed by atoms with van der Waals surface area (Å²) in [5, 5.41) is 3.16. The van der Waals surface area contributed by atoms with E-state index >= 15 is 0 Å². The zero-order valence-electron chi connectivity index (χ0n) is 8.49. The first-order valence-corrected chi connectivity index (χ1v) is 5.86. The molecule has 3 heteroatoms. The van der Waals surface area contributed by atoms with Gasteiger partial charge in [0.05, 0.1) is 0 Å². The summed E-state index contributed by atoms with van der Waals surface area (Å²) in [5.41, 5.74) is 1.19. The average molecular weight is 208 g/mol. The van der Waals surface area contributed by atoms with Crippen molar-refractivity contribution in [3.63, 3.8) is 0 Å². The molecule has 1 aliphatic rings. The van der Waals surface area contributed by atoms with E-state index in [4.69, 9.17) is 0 Å². The highest BCUT2D eigenvalue weighted by atomic mass is 32.2. The smallest absolute Gasteiger partial charge is 0.0349 e. The molecular weight excluding hydrogens is 192 g/mol. The van der Waals surface area contributed by atoms with E-state index < -0.39 is 0 Å². The molecule has 0 amide bonds. The second-order valence-corrected chi connectivity index (χ2v) is 4.68. The zero-order valence-corrected chi connectivity index (χ0v) is 9.31. The Bertz CT molecular complexity index is 295. The van der Waals surface area contributed by atoms with Gasteiger partial charge in [0.1, 0.15) is 0 Å². The Labute approximate surface area is 89.8 Å². The van der Waals surface area contributed by atoms with Crippen LogP contribution in [0.4, 0.5) is 5.69 Å². The first-order valence-electron chi connectivity index (χ1n) is 5.09. The number of benzene rings is 1. The molecule has 0 saturated carbocycles. The van der Waals surface area contributed by atoms with Crippen LogP contribution >= 0.6 is 11.9 Å². The summed E-state index contributed by atoms with van der Waals surface area (Å²) in [4.78, 5) is 1.33. The van der Waals surface area contributed by atoms with Gasteiger partial charge in [-0.15, -0.1) is 0 Å². The Morgan fingerprint density at radius 3 is 2.79 bits per heavy atom. The number of hydrogen-bond donors (Lipinski definition) is 1. The Morgan fingerprint density at radius 2 is 2.07 bits per heavy atom. The maximum atomic E-state index is 3.16. The van der Waals surface area contributed by atoms with E-state index in [1.807, 2.05) is 19.0 Å². The summed E-state index contributed by atoms with van der Waals surface area (Å²) in [5.74, 6) is 0. The molecule has 2 rings (SSSR count). The molecule has 1 aliphatic heterocycles. The standard InChI is InChI=1S/C11H16N2S/c1-12-10-5-4-6-11(9-10)14-13-7-2-3-8-13/h4-6,9,12H,2-3,7-8H2,1H3. The third-order valence-corrected chi connectivity index (χ3v) is 3.51. The van der Waals surface area contributed by atoms with Crippen molar-refractivity contribution in [1.82, 2.24) is 4.31 Å². The molecule has 14 heavy (non-hydrogen) atoms. The lowest BCUT2D eigenvalue weighted by atomic mass is 10.3. The molecule has 0 aromatic heterocycles. The van der Waals surface area contributed by atoms with Crippen molar-refractivity contribution < 1.29 is 0 Å². The SMILES string of the molecule is CNc1cccc(SN2CCCC2)c1. The molecule has 76 valence electrons. The van der Waals surface area contributed by atoms with E-state index in [1.54, 1.807) is 0 Å². The predicted octanol–water partition coefficient (Wildman–Crippen LogP) is 2.83. The van der Waals surface area contributed by atoms with Crippen LogP contribution in [0.25, 0.3) is 0 Å². The van der Waals surface area contributed by atoms with Crippen LogP contribution < -0.4 is 5.32 Å². The maximum Gasteiger partial charge on any atom is 0.0349 e. The van der Waals surface area contributed by atoms with Gasteiger partial charge in [0.25, 0.3) is 0 Å². The van der Waals surface area contributed by atoms with E-state index in [0.29, 0.717) is 0 Å². The number of anilines is 1. The fourth-order valence-corrected chi connectivity index (χ4v) is 2.69. The maximum absolute atomic E-state index is 3.16. The van der Waals surface area contributed by atoms with Crippen molar-refractivity contribution in [2.24, 2.45) is 0 Å². The van der Waals surface area contributed by atoms with Crippen LogP contribution in [0.5, 0.6) is 0 Å². The summed E-state index contributed by atoms with van der Waals surface area (Å²) >= 11 is 1.87. The first-order chi connectivity index (χ1) is 6.88. The fraction of sp³-hybridized carbons (Fsp3) is 0.455. The highest BCUT2D eigenvalue weighted by Gasteiger charge is 2.12. The molecule has 1 fully saturated rings. The minimum absolute atomic E-state index is 1.19. The van der Waals surface area contributed by atoms with Gasteiger partial charge in [0.2, 0.25) is 0 Å². The Hall–Kier alpha value is -0.670. The molecule has 0 bridgehead atoms. The van der Waals surface area contributed by atoms with Gasteiger partial charge in [0, 0.05) is 30.7 Å². The quantitative estimate of drug-likeness (QED) is 0.769. The third kappa shape index (κ3) is 2.42. The average Bonchev–Trinajstić information content (AvgIpc) is 2.71. The second-order valence-electron chi connectivity index (χ2n) is 3.51. The number of hydrogen-bond acceptors (Lipinski definition) is 3. The van der Waals surface area contributed by atoms with Crippen molar-refractivity contribution >= 4 is 17.6 Å². The fourth-order valence-electron chi connectivity index (χ4n) is 1.64. The van der Waals surface area contributed by atoms with E-state index in [1.165, 1.54) is 36.5 Å². The molecule has 0 atom stereocenters. The molecule has 0 aliphatic carbocycles. The number of nitrogens with one attached hydrogen (secondary N) is 1. The Morgan fingerprint density at radius 1 is 1.29 bits per heavy atom. The molecule has 0 radical (unpaired) electrons. The van der Waals surface area contributed by atoms with Crippen molar-refractivity contribution in [2.45, 2.75) is 17.7 Å². The van der Waals surface area contributed by atoms with Crippen LogP contribution in [0.2, 0.25) is 0 Å². The predicted molar refractivity (Wildman–Crippen MR) is 62.7 cm³/mol. The van der Waals surface area contributed by atoms with Gasteiger partial charge in [0.15, 0.2) is 0 Å². The van der Waals surface area contributed by atoms with Gasteiger partial charge in [-0.2, -0.15) is 0 Å². The van der Waals surface area contributed by atoms with Gasteiger partial charge in [-0.05, 0) is 43.0 Å². The molecule has 1 aromatic carbocycles. The number of rotatable bonds is 3. The lowest BCUT2D eigenvalue weighted by Gasteiger charge is -2.13. The number of nitrogens with zero attached hydrogens (tertiary/aromatic N) is 1. The summed E-state index contributed by atoms with van der Waals surface area (Å²) < 4.78 is 2.44. The largest absolute Gasteiger partial charge is 0.388 e. The van der Waals surface area contributed by atoms with Crippen LogP contribution in [-0.4, -0.2) is 24.4 Å². The second kappa shape index (κ2) is 4.71. The van der Waals surface area contributed by atoms with Gasteiger partial charge in [-0.3, -0.25) is 0 Å². The van der Waals surface area contributed by atoms with E-state index in [-0.39, 0.29) is 0 Å².